The lowest BCUT2D eigenvalue weighted by atomic mass is 10.1. The van der Waals surface area contributed by atoms with Gasteiger partial charge in [0, 0.05) is 17.5 Å². The van der Waals surface area contributed by atoms with Crippen molar-refractivity contribution in [3.05, 3.63) is 57.8 Å². The number of rotatable bonds is 4. The van der Waals surface area contributed by atoms with Gasteiger partial charge < -0.3 is 9.64 Å². The number of thioether (sulfide) groups is 1. The van der Waals surface area contributed by atoms with E-state index in [1.54, 1.807) is 56.4 Å². The number of carbonyl (C=O) groups excluding carboxylic acids is 4. The summed E-state index contributed by atoms with van der Waals surface area (Å²) in [6.07, 6.45) is 0. The van der Waals surface area contributed by atoms with Crippen molar-refractivity contribution < 1.29 is 23.9 Å². The first-order chi connectivity index (χ1) is 15.2. The minimum Gasteiger partial charge on any atom is -0.459 e. The molecular weight excluding hydrogens is 448 g/mol. The quantitative estimate of drug-likeness (QED) is 0.501. The molecule has 1 unspecified atom stereocenters. The number of hydrogen-bond donors (Lipinski definition) is 0. The van der Waals surface area contributed by atoms with Crippen LogP contribution >= 0.6 is 23.1 Å². The van der Waals surface area contributed by atoms with Crippen molar-refractivity contribution in [3.8, 4) is 0 Å². The van der Waals surface area contributed by atoms with Crippen molar-refractivity contribution in [1.82, 2.24) is 9.80 Å². The van der Waals surface area contributed by atoms with Crippen LogP contribution in [0.3, 0.4) is 0 Å². The van der Waals surface area contributed by atoms with Crippen LogP contribution in [-0.2, 0) is 14.3 Å². The SMILES string of the molecule is CC(C)(C)OC(=O)CN1CC(c2ccsc2)SC[C@H](N2C(=O)c3ccccc3C2=O)C1=O. The summed E-state index contributed by atoms with van der Waals surface area (Å²) in [7, 11) is 0. The summed E-state index contributed by atoms with van der Waals surface area (Å²) in [6.45, 7) is 5.35. The van der Waals surface area contributed by atoms with E-state index in [-0.39, 0.29) is 17.5 Å². The highest BCUT2D eigenvalue weighted by Gasteiger charge is 2.46. The van der Waals surface area contributed by atoms with Gasteiger partial charge in [0.1, 0.15) is 18.2 Å². The molecule has 0 spiro atoms. The highest BCUT2D eigenvalue weighted by Crippen LogP contribution is 2.37. The number of carbonyl (C=O) groups is 4. The molecule has 4 rings (SSSR count). The number of thiophene rings is 1. The molecule has 1 aromatic heterocycles. The van der Waals surface area contributed by atoms with Gasteiger partial charge in [-0.25, -0.2) is 0 Å². The predicted molar refractivity (Wildman–Crippen MR) is 123 cm³/mol. The Kier molecular flexibility index (Phi) is 6.13. The van der Waals surface area contributed by atoms with Crippen LogP contribution in [0.5, 0.6) is 0 Å². The highest BCUT2D eigenvalue weighted by molar-refractivity contribution is 7.99. The summed E-state index contributed by atoms with van der Waals surface area (Å²) in [4.78, 5) is 54.6. The lowest BCUT2D eigenvalue weighted by Gasteiger charge is -2.29. The number of imide groups is 1. The molecule has 1 fully saturated rings. The summed E-state index contributed by atoms with van der Waals surface area (Å²) >= 11 is 3.07. The first kappa shape index (κ1) is 22.5. The van der Waals surface area contributed by atoms with Crippen molar-refractivity contribution in [3.63, 3.8) is 0 Å². The molecule has 1 aromatic carbocycles. The Hall–Kier alpha value is -2.65. The Bertz CT molecular complexity index is 1030. The summed E-state index contributed by atoms with van der Waals surface area (Å²) in [5.74, 6) is -1.64. The van der Waals surface area contributed by atoms with Crippen LogP contribution in [0.2, 0.25) is 0 Å². The van der Waals surface area contributed by atoms with E-state index in [2.05, 4.69) is 0 Å². The fraction of sp³-hybridized carbons (Fsp3) is 0.391. The zero-order valence-electron chi connectivity index (χ0n) is 18.1. The van der Waals surface area contributed by atoms with E-state index < -0.39 is 35.3 Å². The maximum Gasteiger partial charge on any atom is 0.326 e. The number of fused-ring (bicyclic) bond motifs is 1. The molecule has 2 aliphatic heterocycles. The van der Waals surface area contributed by atoms with Gasteiger partial charge in [-0.1, -0.05) is 12.1 Å². The highest BCUT2D eigenvalue weighted by atomic mass is 32.2. The molecular formula is C23H24N2O5S2. The molecule has 7 nitrogen and oxygen atoms in total. The van der Waals surface area contributed by atoms with Crippen LogP contribution in [0.4, 0.5) is 0 Å². The van der Waals surface area contributed by atoms with Crippen LogP contribution in [0, 0.1) is 0 Å². The van der Waals surface area contributed by atoms with Gasteiger partial charge in [0.05, 0.1) is 11.1 Å². The van der Waals surface area contributed by atoms with Gasteiger partial charge in [0.25, 0.3) is 11.8 Å². The number of nitrogens with zero attached hydrogens (tertiary/aromatic N) is 2. The second kappa shape index (κ2) is 8.71. The van der Waals surface area contributed by atoms with E-state index in [0.717, 1.165) is 10.5 Å². The van der Waals surface area contributed by atoms with Gasteiger partial charge in [-0.05, 0) is 55.3 Å². The Morgan fingerprint density at radius 2 is 1.75 bits per heavy atom. The number of amides is 3. The van der Waals surface area contributed by atoms with E-state index in [1.165, 1.54) is 16.7 Å². The summed E-state index contributed by atoms with van der Waals surface area (Å²) < 4.78 is 5.42. The Morgan fingerprint density at radius 1 is 1.09 bits per heavy atom. The van der Waals surface area contributed by atoms with Gasteiger partial charge in [0.2, 0.25) is 5.91 Å². The minimum absolute atomic E-state index is 0.0761. The number of benzene rings is 1. The van der Waals surface area contributed by atoms with Crippen LogP contribution in [0.1, 0.15) is 52.3 Å². The fourth-order valence-corrected chi connectivity index (χ4v) is 5.97. The third-order valence-electron chi connectivity index (χ3n) is 5.23. The van der Waals surface area contributed by atoms with Gasteiger partial charge in [-0.15, -0.1) is 11.8 Å². The van der Waals surface area contributed by atoms with Crippen molar-refractivity contribution in [1.29, 1.82) is 0 Å². The lowest BCUT2D eigenvalue weighted by Crippen LogP contribution is -2.52. The largest absolute Gasteiger partial charge is 0.459 e. The van der Waals surface area contributed by atoms with E-state index in [1.807, 2.05) is 16.8 Å². The first-order valence-corrected chi connectivity index (χ1v) is 12.3. The van der Waals surface area contributed by atoms with Gasteiger partial charge in [0.15, 0.2) is 0 Å². The summed E-state index contributed by atoms with van der Waals surface area (Å²) in [5.41, 5.74) is 0.959. The van der Waals surface area contributed by atoms with Gasteiger partial charge in [-0.2, -0.15) is 11.3 Å². The zero-order chi connectivity index (χ0) is 23.0. The Morgan fingerprint density at radius 3 is 2.31 bits per heavy atom. The van der Waals surface area contributed by atoms with Crippen molar-refractivity contribution >= 4 is 46.8 Å². The molecule has 168 valence electrons. The van der Waals surface area contributed by atoms with Crippen molar-refractivity contribution in [2.24, 2.45) is 0 Å². The van der Waals surface area contributed by atoms with Crippen molar-refractivity contribution in [2.75, 3.05) is 18.8 Å². The average Bonchev–Trinajstić information content (AvgIpc) is 3.30. The molecule has 2 aromatic rings. The van der Waals surface area contributed by atoms with E-state index >= 15 is 0 Å². The smallest absolute Gasteiger partial charge is 0.326 e. The molecule has 0 aliphatic carbocycles. The van der Waals surface area contributed by atoms with Crippen LogP contribution in [0.15, 0.2) is 41.1 Å². The molecule has 0 saturated carbocycles. The molecule has 0 radical (unpaired) electrons. The van der Waals surface area contributed by atoms with Crippen LogP contribution in [-0.4, -0.2) is 64.0 Å². The molecule has 2 atom stereocenters. The summed E-state index contributed by atoms with van der Waals surface area (Å²) in [5, 5.41) is 3.89. The Balaban J connectivity index is 1.63. The van der Waals surface area contributed by atoms with Gasteiger partial charge >= 0.3 is 5.97 Å². The zero-order valence-corrected chi connectivity index (χ0v) is 19.7. The number of hydrogen-bond acceptors (Lipinski definition) is 7. The molecule has 2 aliphatic rings. The standard InChI is InChI=1S/C23H24N2O5S2/c1-23(2,3)30-19(26)11-24-10-18(14-8-9-31-12-14)32-13-17(22(24)29)25-20(27)15-6-4-5-7-16(15)21(25)28/h4-9,12,17-18H,10-11,13H2,1-3H3/t17-,18?/m0/s1. The molecule has 3 amide bonds. The predicted octanol–water partition coefficient (Wildman–Crippen LogP) is 3.37. The van der Waals surface area contributed by atoms with E-state index in [9.17, 15) is 19.2 Å². The fourth-order valence-electron chi connectivity index (χ4n) is 3.84. The third kappa shape index (κ3) is 4.45. The third-order valence-corrected chi connectivity index (χ3v) is 7.26. The molecule has 32 heavy (non-hydrogen) atoms. The average molecular weight is 473 g/mol. The minimum atomic E-state index is -0.988. The second-order valence-electron chi connectivity index (χ2n) is 8.73. The van der Waals surface area contributed by atoms with E-state index in [0.29, 0.717) is 17.7 Å². The summed E-state index contributed by atoms with van der Waals surface area (Å²) in [6, 6.07) is 7.57. The lowest BCUT2D eigenvalue weighted by molar-refractivity contribution is -0.159. The van der Waals surface area contributed by atoms with Crippen LogP contribution in [0.25, 0.3) is 0 Å². The monoisotopic (exact) mass is 472 g/mol. The maximum atomic E-state index is 13.6. The van der Waals surface area contributed by atoms with E-state index in [4.69, 9.17) is 4.74 Å². The molecule has 3 heterocycles. The molecule has 9 heteroatoms. The normalized spacial score (nSPS) is 21.5. The second-order valence-corrected chi connectivity index (χ2v) is 10.7. The number of ether oxygens (including phenoxy) is 1. The van der Waals surface area contributed by atoms with Gasteiger partial charge in [-0.3, -0.25) is 24.1 Å². The molecule has 0 N–H and O–H groups in total. The Labute approximate surface area is 194 Å². The van der Waals surface area contributed by atoms with Crippen LogP contribution < -0.4 is 0 Å². The maximum absolute atomic E-state index is 13.6. The topological polar surface area (TPSA) is 84.0 Å². The molecule has 0 bridgehead atoms. The number of esters is 1. The first-order valence-electron chi connectivity index (χ1n) is 10.3. The molecule has 1 saturated heterocycles. The van der Waals surface area contributed by atoms with Crippen molar-refractivity contribution in [2.45, 2.75) is 37.7 Å².